The SMILES string of the molecule is CN=C(NCc1cc(OC)ccc1O)NC1CCN(c2ccccc2OC)C1.I. The molecule has 1 unspecified atom stereocenters. The largest absolute Gasteiger partial charge is 0.508 e. The normalized spacial score (nSPS) is 16.2. The summed E-state index contributed by atoms with van der Waals surface area (Å²) in [6, 6.07) is 13.5. The predicted octanol–water partition coefficient (Wildman–Crippen LogP) is 2.97. The molecule has 3 N–H and O–H groups in total. The van der Waals surface area contributed by atoms with E-state index in [0.717, 1.165) is 36.5 Å². The number of guanidine groups is 1. The van der Waals surface area contributed by atoms with Crippen LogP contribution in [0.5, 0.6) is 17.2 Å². The maximum absolute atomic E-state index is 10.0. The molecule has 7 nitrogen and oxygen atoms in total. The number of hydrogen-bond acceptors (Lipinski definition) is 5. The quantitative estimate of drug-likeness (QED) is 0.314. The summed E-state index contributed by atoms with van der Waals surface area (Å²) < 4.78 is 10.7. The predicted molar refractivity (Wildman–Crippen MR) is 127 cm³/mol. The first-order valence-corrected chi connectivity index (χ1v) is 9.35. The Labute approximate surface area is 189 Å². The number of nitrogens with one attached hydrogen (secondary N) is 2. The number of para-hydroxylation sites is 2. The molecule has 2 aromatic rings. The van der Waals surface area contributed by atoms with E-state index in [9.17, 15) is 5.11 Å². The number of phenolic OH excluding ortho intramolecular Hbond substituents is 1. The van der Waals surface area contributed by atoms with E-state index in [-0.39, 0.29) is 35.8 Å². The molecule has 0 aliphatic carbocycles. The molecule has 1 atom stereocenters. The van der Waals surface area contributed by atoms with Gasteiger partial charge in [0.25, 0.3) is 0 Å². The maximum atomic E-state index is 10.0. The Morgan fingerprint density at radius 1 is 1.21 bits per heavy atom. The number of anilines is 1. The molecular formula is C21H29IN4O3. The standard InChI is InChI=1S/C21H28N4O3.HI/c1-22-21(23-13-15-12-17(27-2)8-9-19(15)26)24-16-10-11-25(14-16)18-6-4-5-7-20(18)28-3;/h4-9,12,16,26H,10-11,13-14H2,1-3H3,(H2,22,23,24);1H. The van der Waals surface area contributed by atoms with Gasteiger partial charge in [0.1, 0.15) is 17.2 Å². The third-order valence-electron chi connectivity index (χ3n) is 4.91. The van der Waals surface area contributed by atoms with E-state index in [4.69, 9.17) is 9.47 Å². The molecule has 1 heterocycles. The first kappa shape index (κ1) is 22.9. The molecule has 0 radical (unpaired) electrons. The monoisotopic (exact) mass is 512 g/mol. The highest BCUT2D eigenvalue weighted by Gasteiger charge is 2.25. The van der Waals surface area contributed by atoms with E-state index in [2.05, 4.69) is 26.6 Å². The molecule has 0 saturated carbocycles. The number of ether oxygens (including phenoxy) is 2. The zero-order valence-corrected chi connectivity index (χ0v) is 19.3. The van der Waals surface area contributed by atoms with Crippen molar-refractivity contribution in [2.24, 2.45) is 4.99 Å². The first-order chi connectivity index (χ1) is 13.6. The second-order valence-corrected chi connectivity index (χ2v) is 6.67. The zero-order valence-electron chi connectivity index (χ0n) is 17.0. The van der Waals surface area contributed by atoms with Crippen LogP contribution in [0.2, 0.25) is 0 Å². The van der Waals surface area contributed by atoms with Gasteiger partial charge in [-0.2, -0.15) is 0 Å². The molecule has 0 amide bonds. The van der Waals surface area contributed by atoms with Crippen molar-refractivity contribution in [1.29, 1.82) is 0 Å². The van der Waals surface area contributed by atoms with Gasteiger partial charge in [0.2, 0.25) is 0 Å². The molecule has 1 fully saturated rings. The molecule has 1 saturated heterocycles. The topological polar surface area (TPSA) is 78.4 Å². The number of nitrogens with zero attached hydrogens (tertiary/aromatic N) is 2. The average Bonchev–Trinajstić information content (AvgIpc) is 3.20. The van der Waals surface area contributed by atoms with Crippen LogP contribution >= 0.6 is 24.0 Å². The summed E-state index contributed by atoms with van der Waals surface area (Å²) in [6.45, 7) is 2.27. The minimum atomic E-state index is 0. The van der Waals surface area contributed by atoms with Gasteiger partial charge in [-0.3, -0.25) is 4.99 Å². The summed E-state index contributed by atoms with van der Waals surface area (Å²) in [5.41, 5.74) is 1.86. The molecule has 3 rings (SSSR count). The molecule has 8 heteroatoms. The number of aromatic hydroxyl groups is 1. The van der Waals surface area contributed by atoms with Crippen molar-refractivity contribution < 1.29 is 14.6 Å². The van der Waals surface area contributed by atoms with Gasteiger partial charge in [-0.1, -0.05) is 12.1 Å². The highest BCUT2D eigenvalue weighted by Crippen LogP contribution is 2.30. The van der Waals surface area contributed by atoms with E-state index in [1.807, 2.05) is 24.3 Å². The van der Waals surface area contributed by atoms with Crippen LogP contribution in [-0.4, -0.2) is 51.5 Å². The molecule has 0 spiro atoms. The van der Waals surface area contributed by atoms with Crippen molar-refractivity contribution in [1.82, 2.24) is 10.6 Å². The summed E-state index contributed by atoms with van der Waals surface area (Å²) in [5, 5.41) is 16.8. The number of rotatable bonds is 6. The third kappa shape index (κ3) is 5.81. The fraction of sp³-hybridized carbons (Fsp3) is 0.381. The Morgan fingerprint density at radius 2 is 2.00 bits per heavy atom. The number of hydrogen-bond donors (Lipinski definition) is 3. The lowest BCUT2D eigenvalue weighted by Gasteiger charge is -2.22. The van der Waals surface area contributed by atoms with E-state index in [1.54, 1.807) is 33.4 Å². The summed E-state index contributed by atoms with van der Waals surface area (Å²) in [6.07, 6.45) is 1.00. The van der Waals surface area contributed by atoms with E-state index < -0.39 is 0 Å². The molecule has 2 aromatic carbocycles. The summed E-state index contributed by atoms with van der Waals surface area (Å²) >= 11 is 0. The lowest BCUT2D eigenvalue weighted by molar-refractivity contribution is 0.410. The van der Waals surface area contributed by atoms with Gasteiger partial charge in [0, 0.05) is 38.3 Å². The Kier molecular flexibility index (Phi) is 8.69. The van der Waals surface area contributed by atoms with Crippen LogP contribution in [0, 0.1) is 0 Å². The van der Waals surface area contributed by atoms with Gasteiger partial charge in [0.05, 0.1) is 19.9 Å². The number of aliphatic imine (C=N–C) groups is 1. The third-order valence-corrected chi connectivity index (χ3v) is 4.91. The van der Waals surface area contributed by atoms with Crippen molar-refractivity contribution in [2.75, 3.05) is 39.3 Å². The van der Waals surface area contributed by atoms with Crippen LogP contribution in [0.25, 0.3) is 0 Å². The van der Waals surface area contributed by atoms with E-state index in [0.29, 0.717) is 18.3 Å². The molecule has 158 valence electrons. The highest BCUT2D eigenvalue weighted by atomic mass is 127. The molecule has 29 heavy (non-hydrogen) atoms. The second kappa shape index (κ2) is 11.0. The van der Waals surface area contributed by atoms with Crippen molar-refractivity contribution >= 4 is 35.6 Å². The van der Waals surface area contributed by atoms with Crippen molar-refractivity contribution in [2.45, 2.75) is 19.0 Å². The Balaban J connectivity index is 0.00000300. The summed E-state index contributed by atoms with van der Waals surface area (Å²) in [5.74, 6) is 2.53. The van der Waals surface area contributed by atoms with Crippen LogP contribution in [0.1, 0.15) is 12.0 Å². The maximum Gasteiger partial charge on any atom is 0.191 e. The van der Waals surface area contributed by atoms with Crippen LogP contribution in [0.4, 0.5) is 5.69 Å². The van der Waals surface area contributed by atoms with Gasteiger partial charge in [-0.05, 0) is 36.8 Å². The Bertz CT molecular complexity index is 831. The summed E-state index contributed by atoms with van der Waals surface area (Å²) in [7, 11) is 5.05. The second-order valence-electron chi connectivity index (χ2n) is 6.67. The molecule has 1 aliphatic rings. The van der Waals surface area contributed by atoms with Gasteiger partial charge in [0.15, 0.2) is 5.96 Å². The van der Waals surface area contributed by atoms with Crippen molar-refractivity contribution in [3.05, 3.63) is 48.0 Å². The minimum Gasteiger partial charge on any atom is -0.508 e. The van der Waals surface area contributed by atoms with E-state index >= 15 is 0 Å². The smallest absolute Gasteiger partial charge is 0.191 e. The van der Waals surface area contributed by atoms with Crippen molar-refractivity contribution in [3.8, 4) is 17.2 Å². The molecule has 1 aliphatic heterocycles. The molecular weight excluding hydrogens is 483 g/mol. The minimum absolute atomic E-state index is 0. The lowest BCUT2D eigenvalue weighted by atomic mass is 10.2. The van der Waals surface area contributed by atoms with E-state index in [1.165, 1.54) is 0 Å². The van der Waals surface area contributed by atoms with Crippen LogP contribution in [-0.2, 0) is 6.54 Å². The molecule has 0 bridgehead atoms. The summed E-state index contributed by atoms with van der Waals surface area (Å²) in [4.78, 5) is 6.63. The number of methoxy groups -OCH3 is 2. The first-order valence-electron chi connectivity index (χ1n) is 9.35. The van der Waals surface area contributed by atoms with Crippen molar-refractivity contribution in [3.63, 3.8) is 0 Å². The highest BCUT2D eigenvalue weighted by molar-refractivity contribution is 14.0. The fourth-order valence-corrected chi connectivity index (χ4v) is 3.39. The van der Waals surface area contributed by atoms with Gasteiger partial charge >= 0.3 is 0 Å². The van der Waals surface area contributed by atoms with Crippen LogP contribution in [0.3, 0.4) is 0 Å². The van der Waals surface area contributed by atoms with Crippen LogP contribution < -0.4 is 25.0 Å². The zero-order chi connectivity index (χ0) is 19.9. The Hall–Kier alpha value is -2.36. The molecule has 0 aromatic heterocycles. The average molecular weight is 512 g/mol. The Morgan fingerprint density at radius 3 is 2.72 bits per heavy atom. The van der Waals surface area contributed by atoms with Gasteiger partial charge in [-0.15, -0.1) is 24.0 Å². The number of phenols is 1. The van der Waals surface area contributed by atoms with Gasteiger partial charge < -0.3 is 30.1 Å². The van der Waals surface area contributed by atoms with Gasteiger partial charge in [-0.25, -0.2) is 0 Å². The number of halogens is 1. The van der Waals surface area contributed by atoms with Crippen LogP contribution in [0.15, 0.2) is 47.5 Å². The fourth-order valence-electron chi connectivity index (χ4n) is 3.39. The number of benzene rings is 2. The lowest BCUT2D eigenvalue weighted by Crippen LogP contribution is -2.44.